The van der Waals surface area contributed by atoms with E-state index in [0.29, 0.717) is 35.2 Å². The SMILES string of the molecule is C=CC(=O)N1C[C@H](C)N(c2nc(OCCN3CC(F)(F)C3)nc3c(F)c(-c4c(C)ccc5[nH]ncc45)c(Cl)cc23)C[C@H]1C. The van der Waals surface area contributed by atoms with Crippen LogP contribution in [-0.2, 0) is 4.79 Å². The van der Waals surface area contributed by atoms with Gasteiger partial charge in [-0.15, -0.1) is 0 Å². The van der Waals surface area contributed by atoms with E-state index >= 15 is 4.39 Å². The number of benzene rings is 2. The van der Waals surface area contributed by atoms with Crippen molar-refractivity contribution < 1.29 is 22.7 Å². The van der Waals surface area contributed by atoms with Crippen molar-refractivity contribution in [2.45, 2.75) is 38.8 Å². The number of carbonyl (C=O) groups excluding carboxylic acids is 1. The van der Waals surface area contributed by atoms with Gasteiger partial charge in [0, 0.05) is 53.6 Å². The molecule has 2 saturated heterocycles. The van der Waals surface area contributed by atoms with Crippen LogP contribution in [0.3, 0.4) is 0 Å². The maximum absolute atomic E-state index is 16.7. The molecule has 4 aromatic rings. The molecular weight excluding hydrogens is 583 g/mol. The molecule has 1 N–H and O–H groups in total. The van der Waals surface area contributed by atoms with Gasteiger partial charge in [0.1, 0.15) is 17.9 Å². The van der Waals surface area contributed by atoms with E-state index in [9.17, 15) is 13.6 Å². The maximum atomic E-state index is 16.7. The summed E-state index contributed by atoms with van der Waals surface area (Å²) in [4.78, 5) is 26.9. The number of carbonyl (C=O) groups is 1. The number of H-pyrrole nitrogens is 1. The zero-order valence-electron chi connectivity index (χ0n) is 24.0. The molecule has 0 saturated carbocycles. The summed E-state index contributed by atoms with van der Waals surface area (Å²) in [6.07, 6.45) is 2.92. The Morgan fingerprint density at radius 2 is 1.95 bits per heavy atom. The average molecular weight is 614 g/mol. The summed E-state index contributed by atoms with van der Waals surface area (Å²) >= 11 is 6.84. The molecule has 0 unspecified atom stereocenters. The number of hydrogen-bond donors (Lipinski definition) is 1. The van der Waals surface area contributed by atoms with Crippen molar-refractivity contribution in [1.82, 2.24) is 30.0 Å². The molecule has 43 heavy (non-hydrogen) atoms. The van der Waals surface area contributed by atoms with Gasteiger partial charge >= 0.3 is 6.01 Å². The third-order valence-corrected chi connectivity index (χ3v) is 8.49. The number of amides is 1. The fraction of sp³-hybridized carbons (Fsp3) is 0.400. The lowest BCUT2D eigenvalue weighted by Gasteiger charge is -2.44. The third kappa shape index (κ3) is 5.27. The first-order chi connectivity index (χ1) is 20.5. The summed E-state index contributed by atoms with van der Waals surface area (Å²) in [5.41, 5.74) is 2.32. The number of anilines is 1. The van der Waals surface area contributed by atoms with Crippen LogP contribution >= 0.6 is 11.6 Å². The summed E-state index contributed by atoms with van der Waals surface area (Å²) in [7, 11) is 0. The van der Waals surface area contributed by atoms with Crippen molar-refractivity contribution >= 4 is 45.1 Å². The lowest BCUT2D eigenvalue weighted by molar-refractivity contribution is -0.132. The molecule has 13 heteroatoms. The minimum Gasteiger partial charge on any atom is -0.462 e. The summed E-state index contributed by atoms with van der Waals surface area (Å²) in [6, 6.07) is 4.93. The quantitative estimate of drug-likeness (QED) is 0.286. The molecule has 6 rings (SSSR count). The van der Waals surface area contributed by atoms with Crippen LogP contribution in [0.5, 0.6) is 6.01 Å². The molecule has 0 spiro atoms. The summed E-state index contributed by atoms with van der Waals surface area (Å²) < 4.78 is 49.2. The molecule has 2 aliphatic heterocycles. The van der Waals surface area contributed by atoms with Gasteiger partial charge in [-0.3, -0.25) is 14.8 Å². The summed E-state index contributed by atoms with van der Waals surface area (Å²) in [5, 5.41) is 8.31. The molecule has 9 nitrogen and oxygen atoms in total. The Morgan fingerprint density at radius 3 is 2.67 bits per heavy atom. The number of halogens is 4. The molecule has 0 aliphatic carbocycles. The van der Waals surface area contributed by atoms with Crippen molar-refractivity contribution in [3.63, 3.8) is 0 Å². The number of aromatic nitrogens is 4. The van der Waals surface area contributed by atoms with Crippen LogP contribution in [0.15, 0.2) is 37.1 Å². The monoisotopic (exact) mass is 613 g/mol. The van der Waals surface area contributed by atoms with Crippen LogP contribution in [0, 0.1) is 12.7 Å². The van der Waals surface area contributed by atoms with Gasteiger partial charge in [0.05, 0.1) is 29.8 Å². The van der Waals surface area contributed by atoms with Crippen LogP contribution in [0.4, 0.5) is 19.0 Å². The van der Waals surface area contributed by atoms with E-state index in [1.165, 1.54) is 6.08 Å². The standard InChI is InChI=1S/C30H31ClF3N7O2/c1-5-23(42)40-12-18(4)41(13-17(40)3)28-19-10-21(31)25(24-16(2)6-7-22-20(24)11-35-38-22)26(32)27(19)36-29(37-28)43-9-8-39-14-30(33,34)15-39/h5-7,10-11,17-18H,1,8-9,12-15H2,2-4H3,(H,35,38)/t17-,18+/m1/s1. The summed E-state index contributed by atoms with van der Waals surface area (Å²) in [5.74, 6) is -3.10. The molecule has 4 heterocycles. The van der Waals surface area contributed by atoms with Crippen LogP contribution < -0.4 is 9.64 Å². The molecule has 226 valence electrons. The van der Waals surface area contributed by atoms with Crippen LogP contribution in [0.2, 0.25) is 5.02 Å². The number of aryl methyl sites for hydroxylation is 1. The van der Waals surface area contributed by atoms with Gasteiger partial charge in [-0.05, 0) is 44.5 Å². The predicted molar refractivity (Wildman–Crippen MR) is 159 cm³/mol. The van der Waals surface area contributed by atoms with Crippen molar-refractivity contribution in [1.29, 1.82) is 0 Å². The number of piperazine rings is 1. The van der Waals surface area contributed by atoms with E-state index in [0.717, 1.165) is 11.1 Å². The molecule has 0 bridgehead atoms. The van der Waals surface area contributed by atoms with Gasteiger partial charge in [0.2, 0.25) is 5.91 Å². The first-order valence-corrected chi connectivity index (χ1v) is 14.4. The number of nitrogens with one attached hydrogen (secondary N) is 1. The van der Waals surface area contributed by atoms with Crippen molar-refractivity contribution in [3.8, 4) is 17.1 Å². The van der Waals surface area contributed by atoms with E-state index in [1.807, 2.05) is 37.8 Å². The van der Waals surface area contributed by atoms with E-state index in [2.05, 4.69) is 26.7 Å². The highest BCUT2D eigenvalue weighted by Gasteiger charge is 2.43. The minimum atomic E-state index is -2.69. The van der Waals surface area contributed by atoms with Gasteiger partial charge < -0.3 is 14.5 Å². The number of hydrogen-bond acceptors (Lipinski definition) is 7. The Morgan fingerprint density at radius 1 is 1.19 bits per heavy atom. The van der Waals surface area contributed by atoms with Gasteiger partial charge in [0.25, 0.3) is 5.92 Å². The predicted octanol–water partition coefficient (Wildman–Crippen LogP) is 5.22. The highest BCUT2D eigenvalue weighted by atomic mass is 35.5. The zero-order valence-corrected chi connectivity index (χ0v) is 24.8. The fourth-order valence-electron chi connectivity index (χ4n) is 6.01. The normalized spacial score (nSPS) is 20.4. The number of likely N-dealkylation sites (tertiary alicyclic amines) is 1. The van der Waals surface area contributed by atoms with Gasteiger partial charge in [-0.1, -0.05) is 24.2 Å². The highest BCUT2D eigenvalue weighted by molar-refractivity contribution is 6.35. The topological polar surface area (TPSA) is 90.5 Å². The van der Waals surface area contributed by atoms with E-state index < -0.39 is 11.7 Å². The second-order valence-corrected chi connectivity index (χ2v) is 11.7. The lowest BCUT2D eigenvalue weighted by atomic mass is 9.95. The molecular formula is C30H31ClF3N7O2. The second kappa shape index (κ2) is 11.0. The van der Waals surface area contributed by atoms with Crippen molar-refractivity contribution in [2.24, 2.45) is 0 Å². The Kier molecular flexibility index (Phi) is 7.45. The number of alkyl halides is 2. The first kappa shape index (κ1) is 29.2. The number of nitrogens with zero attached hydrogens (tertiary/aromatic N) is 6. The molecule has 0 radical (unpaired) electrons. The Bertz CT molecular complexity index is 1740. The maximum Gasteiger partial charge on any atom is 0.319 e. The molecule has 2 aromatic carbocycles. The van der Waals surface area contributed by atoms with Crippen molar-refractivity contribution in [2.75, 3.05) is 44.2 Å². The number of fused-ring (bicyclic) bond motifs is 2. The Hall–Kier alpha value is -3.90. The first-order valence-electron chi connectivity index (χ1n) is 14.0. The average Bonchev–Trinajstić information content (AvgIpc) is 3.43. The Balaban J connectivity index is 1.45. The van der Waals surface area contributed by atoms with E-state index in [-0.39, 0.29) is 66.3 Å². The van der Waals surface area contributed by atoms with Crippen LogP contribution in [-0.4, -0.2) is 93.2 Å². The van der Waals surface area contributed by atoms with Crippen molar-refractivity contribution in [3.05, 3.63) is 53.5 Å². The number of aromatic amines is 1. The van der Waals surface area contributed by atoms with E-state index in [4.69, 9.17) is 16.3 Å². The van der Waals surface area contributed by atoms with Crippen LogP contribution in [0.1, 0.15) is 19.4 Å². The number of rotatable bonds is 7. The second-order valence-electron chi connectivity index (χ2n) is 11.3. The van der Waals surface area contributed by atoms with E-state index in [1.54, 1.807) is 22.1 Å². The molecule has 2 aromatic heterocycles. The van der Waals surface area contributed by atoms with Crippen LogP contribution in [0.25, 0.3) is 32.9 Å². The molecule has 2 fully saturated rings. The third-order valence-electron chi connectivity index (χ3n) is 8.19. The molecule has 2 aliphatic rings. The van der Waals surface area contributed by atoms with Gasteiger partial charge in [-0.2, -0.15) is 15.1 Å². The molecule has 2 atom stereocenters. The zero-order chi connectivity index (χ0) is 30.6. The summed E-state index contributed by atoms with van der Waals surface area (Å²) in [6.45, 7) is 9.77. The fourth-order valence-corrected chi connectivity index (χ4v) is 6.30. The number of ether oxygens (including phenoxy) is 1. The van der Waals surface area contributed by atoms with Gasteiger partial charge in [-0.25, -0.2) is 13.2 Å². The Labute approximate surface area is 251 Å². The van der Waals surface area contributed by atoms with Gasteiger partial charge in [0.15, 0.2) is 5.82 Å². The smallest absolute Gasteiger partial charge is 0.319 e. The highest BCUT2D eigenvalue weighted by Crippen LogP contribution is 2.42. The largest absolute Gasteiger partial charge is 0.462 e. The lowest BCUT2D eigenvalue weighted by Crippen LogP contribution is -2.58. The molecule has 1 amide bonds. The minimum absolute atomic E-state index is 0.0132.